The van der Waals surface area contributed by atoms with E-state index in [1.165, 1.54) is 0 Å². The monoisotopic (exact) mass is 155 g/mol. The Morgan fingerprint density at radius 1 is 1.73 bits per heavy atom. The maximum Gasteiger partial charge on any atom is 0.208 e. The molecule has 1 aromatic heterocycles. The van der Waals surface area contributed by atoms with E-state index in [9.17, 15) is 10.1 Å². The molecule has 0 aromatic carbocycles. The van der Waals surface area contributed by atoms with E-state index in [-0.39, 0.29) is 11.5 Å². The standard InChI is InChI=1S/C7H9NO3/c1-6-7(3-5-11-6)2-4-8(9)10/h3,5H,2,4H2,1H3. The summed E-state index contributed by atoms with van der Waals surface area (Å²) in [7, 11) is 0. The highest BCUT2D eigenvalue weighted by molar-refractivity contribution is 5.15. The molecule has 4 nitrogen and oxygen atoms in total. The van der Waals surface area contributed by atoms with Gasteiger partial charge in [-0.05, 0) is 18.6 Å². The summed E-state index contributed by atoms with van der Waals surface area (Å²) < 4.78 is 4.97. The number of rotatable bonds is 3. The minimum Gasteiger partial charge on any atom is -0.469 e. The van der Waals surface area contributed by atoms with Crippen LogP contribution in [0.2, 0.25) is 0 Å². The molecule has 0 saturated heterocycles. The van der Waals surface area contributed by atoms with E-state index in [4.69, 9.17) is 4.42 Å². The Hall–Kier alpha value is -1.32. The van der Waals surface area contributed by atoms with E-state index < -0.39 is 0 Å². The van der Waals surface area contributed by atoms with Crippen LogP contribution >= 0.6 is 0 Å². The van der Waals surface area contributed by atoms with Gasteiger partial charge in [-0.2, -0.15) is 0 Å². The van der Waals surface area contributed by atoms with Crippen molar-refractivity contribution in [3.8, 4) is 0 Å². The lowest BCUT2D eigenvalue weighted by Gasteiger charge is -1.91. The molecule has 0 saturated carbocycles. The molecule has 0 unspecified atom stereocenters. The third-order valence-corrected chi connectivity index (χ3v) is 1.53. The molecule has 0 atom stereocenters. The Morgan fingerprint density at radius 2 is 2.45 bits per heavy atom. The molecule has 4 heteroatoms. The molecule has 0 aliphatic carbocycles. The van der Waals surface area contributed by atoms with Gasteiger partial charge in [0.05, 0.1) is 6.26 Å². The first-order chi connectivity index (χ1) is 5.20. The maximum atomic E-state index is 9.98. The van der Waals surface area contributed by atoms with Crippen molar-refractivity contribution < 1.29 is 9.34 Å². The summed E-state index contributed by atoms with van der Waals surface area (Å²) in [6, 6.07) is 1.76. The molecule has 0 aliphatic rings. The maximum absolute atomic E-state index is 9.98. The largest absolute Gasteiger partial charge is 0.469 e. The Labute approximate surface area is 64.0 Å². The first kappa shape index (κ1) is 7.78. The van der Waals surface area contributed by atoms with E-state index in [0.29, 0.717) is 6.42 Å². The zero-order chi connectivity index (χ0) is 8.27. The van der Waals surface area contributed by atoms with Gasteiger partial charge in [0.15, 0.2) is 0 Å². The van der Waals surface area contributed by atoms with Crippen LogP contribution in [0, 0.1) is 17.0 Å². The van der Waals surface area contributed by atoms with Crippen molar-refractivity contribution in [1.82, 2.24) is 0 Å². The van der Waals surface area contributed by atoms with Gasteiger partial charge in [-0.25, -0.2) is 0 Å². The van der Waals surface area contributed by atoms with Crippen molar-refractivity contribution in [3.63, 3.8) is 0 Å². The average Bonchev–Trinajstić information content (AvgIpc) is 2.31. The summed E-state index contributed by atoms with van der Waals surface area (Å²) in [6.45, 7) is 1.77. The van der Waals surface area contributed by atoms with Crippen LogP contribution in [0.1, 0.15) is 11.3 Å². The fourth-order valence-electron chi connectivity index (χ4n) is 0.882. The molecule has 1 aromatic rings. The van der Waals surface area contributed by atoms with Gasteiger partial charge in [0.2, 0.25) is 6.54 Å². The minimum absolute atomic E-state index is 0.0274. The molecule has 0 fully saturated rings. The summed E-state index contributed by atoms with van der Waals surface area (Å²) in [4.78, 5) is 9.65. The Kier molecular flexibility index (Phi) is 2.25. The molecule has 0 bridgehead atoms. The van der Waals surface area contributed by atoms with Crippen molar-refractivity contribution in [2.75, 3.05) is 6.54 Å². The van der Waals surface area contributed by atoms with Crippen LogP contribution < -0.4 is 0 Å². The highest BCUT2D eigenvalue weighted by atomic mass is 16.6. The average molecular weight is 155 g/mol. The lowest BCUT2D eigenvalue weighted by molar-refractivity contribution is -0.479. The Bertz CT molecular complexity index is 254. The number of hydrogen-bond acceptors (Lipinski definition) is 3. The van der Waals surface area contributed by atoms with Crippen molar-refractivity contribution in [2.24, 2.45) is 0 Å². The van der Waals surface area contributed by atoms with Gasteiger partial charge in [0.25, 0.3) is 0 Å². The molecule has 1 heterocycles. The molecule has 0 N–H and O–H groups in total. The third kappa shape index (κ3) is 2.07. The van der Waals surface area contributed by atoms with Gasteiger partial charge >= 0.3 is 0 Å². The fourth-order valence-corrected chi connectivity index (χ4v) is 0.882. The lowest BCUT2D eigenvalue weighted by Crippen LogP contribution is -2.03. The van der Waals surface area contributed by atoms with Crippen LogP contribution in [0.5, 0.6) is 0 Å². The van der Waals surface area contributed by atoms with Crippen molar-refractivity contribution >= 4 is 0 Å². The third-order valence-electron chi connectivity index (χ3n) is 1.53. The van der Waals surface area contributed by atoms with E-state index in [2.05, 4.69) is 0 Å². The summed E-state index contributed by atoms with van der Waals surface area (Å²) in [6.07, 6.45) is 2.00. The van der Waals surface area contributed by atoms with Gasteiger partial charge in [0.1, 0.15) is 5.76 Å². The molecule has 11 heavy (non-hydrogen) atoms. The Balaban J connectivity index is 2.51. The van der Waals surface area contributed by atoms with Gasteiger partial charge in [-0.1, -0.05) is 0 Å². The smallest absolute Gasteiger partial charge is 0.208 e. The van der Waals surface area contributed by atoms with E-state index in [1.807, 2.05) is 0 Å². The lowest BCUT2D eigenvalue weighted by atomic mass is 10.2. The minimum atomic E-state index is -0.327. The zero-order valence-corrected chi connectivity index (χ0v) is 6.24. The molecule has 60 valence electrons. The number of furan rings is 1. The van der Waals surface area contributed by atoms with E-state index >= 15 is 0 Å². The molecule has 1 rings (SSSR count). The van der Waals surface area contributed by atoms with Crippen LogP contribution in [0.25, 0.3) is 0 Å². The topological polar surface area (TPSA) is 56.3 Å². The van der Waals surface area contributed by atoms with Crippen molar-refractivity contribution in [1.29, 1.82) is 0 Å². The van der Waals surface area contributed by atoms with Crippen molar-refractivity contribution in [3.05, 3.63) is 33.8 Å². The molecular formula is C7H9NO3. The second-order valence-electron chi connectivity index (χ2n) is 2.31. The number of hydrogen-bond donors (Lipinski definition) is 0. The number of nitro groups is 1. The second-order valence-corrected chi connectivity index (χ2v) is 2.31. The van der Waals surface area contributed by atoms with Crippen LogP contribution in [-0.4, -0.2) is 11.5 Å². The van der Waals surface area contributed by atoms with Gasteiger partial charge < -0.3 is 4.42 Å². The van der Waals surface area contributed by atoms with Crippen LogP contribution in [-0.2, 0) is 6.42 Å². The van der Waals surface area contributed by atoms with Crippen LogP contribution in [0.15, 0.2) is 16.7 Å². The first-order valence-electron chi connectivity index (χ1n) is 3.35. The van der Waals surface area contributed by atoms with Gasteiger partial charge in [0, 0.05) is 11.3 Å². The summed E-state index contributed by atoms with van der Waals surface area (Å²) in [5.41, 5.74) is 0.918. The van der Waals surface area contributed by atoms with Gasteiger partial charge in [-0.15, -0.1) is 0 Å². The Morgan fingerprint density at radius 3 is 2.91 bits per heavy atom. The normalized spacial score (nSPS) is 9.91. The molecular weight excluding hydrogens is 146 g/mol. The molecule has 0 radical (unpaired) electrons. The summed E-state index contributed by atoms with van der Waals surface area (Å²) in [5.74, 6) is 0.770. The zero-order valence-electron chi connectivity index (χ0n) is 6.24. The quantitative estimate of drug-likeness (QED) is 0.489. The van der Waals surface area contributed by atoms with Crippen molar-refractivity contribution in [2.45, 2.75) is 13.3 Å². The van der Waals surface area contributed by atoms with Crippen LogP contribution in [0.4, 0.5) is 0 Å². The van der Waals surface area contributed by atoms with Crippen LogP contribution in [0.3, 0.4) is 0 Å². The summed E-state index contributed by atoms with van der Waals surface area (Å²) in [5, 5.41) is 9.98. The highest BCUT2D eigenvalue weighted by Crippen LogP contribution is 2.08. The highest BCUT2D eigenvalue weighted by Gasteiger charge is 2.04. The second kappa shape index (κ2) is 3.18. The van der Waals surface area contributed by atoms with E-state index in [0.717, 1.165) is 11.3 Å². The molecule has 0 spiro atoms. The summed E-state index contributed by atoms with van der Waals surface area (Å²) >= 11 is 0. The fraction of sp³-hybridized carbons (Fsp3) is 0.429. The molecule has 0 aliphatic heterocycles. The number of nitrogens with zero attached hydrogens (tertiary/aromatic N) is 1. The van der Waals surface area contributed by atoms with E-state index in [1.54, 1.807) is 19.3 Å². The SMILES string of the molecule is Cc1occc1CC[N+](=O)[O-]. The first-order valence-corrected chi connectivity index (χ1v) is 3.35. The predicted molar refractivity (Wildman–Crippen MR) is 39.0 cm³/mol. The molecule has 0 amide bonds. The predicted octanol–water partition coefficient (Wildman–Crippen LogP) is 1.41. The number of aryl methyl sites for hydroxylation is 1. The van der Waals surface area contributed by atoms with Gasteiger partial charge in [-0.3, -0.25) is 10.1 Å².